The van der Waals surface area contributed by atoms with Gasteiger partial charge in [0.05, 0.1) is 35.1 Å². The zero-order valence-electron chi connectivity index (χ0n) is 37.9. The lowest BCUT2D eigenvalue weighted by Crippen LogP contribution is -2.27. The molecule has 3 aromatic rings. The summed E-state index contributed by atoms with van der Waals surface area (Å²) in [5.41, 5.74) is -0.0492. The lowest BCUT2D eigenvalue weighted by molar-refractivity contribution is 0.243. The van der Waals surface area contributed by atoms with E-state index in [1.165, 1.54) is 18.2 Å². The Morgan fingerprint density at radius 3 is 2.66 bits per heavy atom. The molecule has 2 aromatic carbocycles. The fraction of sp³-hybridized carbons (Fsp3) is 0.429. The van der Waals surface area contributed by atoms with E-state index in [0.29, 0.717) is 5.56 Å². The third-order valence-electron chi connectivity index (χ3n) is 5.58. The SMILES string of the molecule is [2H]C1([2H])CC(c2cc(OC([2H])(C([2H])([2H])[2H])C([2H])([2H])[2H])c(Nc3ncc(Cl)c(Nc4ccccc4S(=O)(=O)C([2H])(C([2H])([2H])[2H])C([2H])([2H])[2H])n3)cc2C)CC([2H])([2H])N1. The van der Waals surface area contributed by atoms with Crippen molar-refractivity contribution in [2.75, 3.05) is 23.6 Å². The number of aromatic nitrogens is 2. The van der Waals surface area contributed by atoms with Gasteiger partial charge in [-0.15, -0.1) is 0 Å². The van der Waals surface area contributed by atoms with Crippen molar-refractivity contribution in [2.45, 2.75) is 69.3 Å². The van der Waals surface area contributed by atoms with E-state index in [-0.39, 0.29) is 40.9 Å². The Balaban J connectivity index is 1.85. The number of anilines is 4. The minimum Gasteiger partial charge on any atom is -0.489 e. The second-order valence-electron chi connectivity index (χ2n) is 8.19. The molecule has 0 atom stereocenters. The third-order valence-corrected chi connectivity index (χ3v) is 7.33. The summed E-state index contributed by atoms with van der Waals surface area (Å²) in [6.07, 6.45) is -3.07. The van der Waals surface area contributed by atoms with Crippen LogP contribution in [0.3, 0.4) is 0 Å². The Bertz CT molecular complexity index is 2030. The smallest absolute Gasteiger partial charge is 0.229 e. The molecule has 1 saturated heterocycles. The lowest BCUT2D eigenvalue weighted by atomic mass is 9.87. The van der Waals surface area contributed by atoms with Crippen molar-refractivity contribution in [1.29, 1.82) is 0 Å². The van der Waals surface area contributed by atoms with Crippen LogP contribution < -0.4 is 20.7 Å². The molecule has 0 bridgehead atoms. The van der Waals surface area contributed by atoms with Crippen LogP contribution in [-0.2, 0) is 9.84 Å². The summed E-state index contributed by atoms with van der Waals surface area (Å²) < 4.78 is 176. The van der Waals surface area contributed by atoms with Crippen LogP contribution in [-0.4, -0.2) is 42.7 Å². The van der Waals surface area contributed by atoms with Crippen molar-refractivity contribution in [2.24, 2.45) is 0 Å². The number of piperidine rings is 1. The molecule has 0 unspecified atom stereocenters. The van der Waals surface area contributed by atoms with Gasteiger partial charge in [-0.25, -0.2) is 13.4 Å². The molecule has 1 aliphatic rings. The summed E-state index contributed by atoms with van der Waals surface area (Å²) in [5.74, 6) is -2.16. The van der Waals surface area contributed by atoms with Crippen LogP contribution in [0.15, 0.2) is 47.5 Å². The second-order valence-corrected chi connectivity index (χ2v) is 10.5. The number of aryl methyl sites for hydroxylation is 1. The molecule has 1 aromatic heterocycles. The lowest BCUT2D eigenvalue weighted by Gasteiger charge is -2.26. The van der Waals surface area contributed by atoms with Gasteiger partial charge >= 0.3 is 0 Å². The Morgan fingerprint density at radius 1 is 1.16 bits per heavy atom. The zero-order chi connectivity index (χ0) is 42.9. The number of nitrogens with one attached hydrogen (secondary N) is 3. The van der Waals surface area contributed by atoms with E-state index in [1.807, 2.05) is 0 Å². The summed E-state index contributed by atoms with van der Waals surface area (Å²) >= 11 is 6.33. The molecule has 0 spiro atoms. The van der Waals surface area contributed by atoms with E-state index in [4.69, 9.17) is 41.0 Å². The molecule has 0 radical (unpaired) electrons. The number of nitrogens with zero attached hydrogens (tertiary/aromatic N) is 2. The molecule has 2 heterocycles. The van der Waals surface area contributed by atoms with Crippen LogP contribution in [0.4, 0.5) is 23.1 Å². The number of hydrogen-bond donors (Lipinski definition) is 3. The molecule has 0 saturated carbocycles. The van der Waals surface area contributed by atoms with E-state index in [9.17, 15) is 8.42 Å². The first-order valence-corrected chi connectivity index (χ1v) is 13.0. The monoisotopic (exact) mass is 575 g/mol. The Kier molecular flexibility index (Phi) is 4.06. The van der Waals surface area contributed by atoms with Crippen molar-refractivity contribution < 1.29 is 37.8 Å². The van der Waals surface area contributed by atoms with Crippen molar-refractivity contribution in [1.82, 2.24) is 15.3 Å². The number of ether oxygens (including phenoxy) is 1. The van der Waals surface area contributed by atoms with Gasteiger partial charge in [0, 0.05) is 23.3 Å². The average molecular weight is 576 g/mol. The molecular formula is C28H36ClN5O3S. The molecule has 0 amide bonds. The first kappa shape index (κ1) is 13.0. The predicted octanol–water partition coefficient (Wildman–Crippen LogP) is 6.36. The van der Waals surface area contributed by atoms with Gasteiger partial charge in [-0.2, -0.15) is 4.98 Å². The van der Waals surface area contributed by atoms with Crippen LogP contribution in [0.25, 0.3) is 0 Å². The number of para-hydroxylation sites is 1. The molecule has 1 fully saturated rings. The van der Waals surface area contributed by atoms with Gasteiger partial charge in [-0.3, -0.25) is 0 Å². The number of sulfone groups is 1. The van der Waals surface area contributed by atoms with E-state index < -0.39 is 83.8 Å². The number of benzene rings is 2. The molecule has 3 N–H and O–H groups in total. The van der Waals surface area contributed by atoms with Crippen LogP contribution in [0.2, 0.25) is 5.02 Å². The highest BCUT2D eigenvalue weighted by atomic mass is 35.5. The first-order valence-electron chi connectivity index (χ1n) is 20.1. The molecule has 8 nitrogen and oxygen atoms in total. The van der Waals surface area contributed by atoms with Crippen molar-refractivity contribution in [3.05, 3.63) is 58.7 Å². The minimum absolute atomic E-state index is 0.220. The topological polar surface area (TPSA) is 105 Å². The quantitative estimate of drug-likeness (QED) is 0.270. The normalized spacial score (nSPS) is 26.2. The van der Waals surface area contributed by atoms with Gasteiger partial charge in [-0.1, -0.05) is 23.7 Å². The van der Waals surface area contributed by atoms with Crippen LogP contribution in [0, 0.1) is 6.92 Å². The van der Waals surface area contributed by atoms with Gasteiger partial charge in [-0.05, 0) is 101 Å². The summed E-state index contributed by atoms with van der Waals surface area (Å²) in [6, 6.07) is 6.96. The zero-order valence-corrected chi connectivity index (χ0v) is 21.5. The van der Waals surface area contributed by atoms with Gasteiger partial charge in [0.25, 0.3) is 0 Å². The first-order chi connectivity index (χ1) is 25.1. The molecule has 204 valence electrons. The van der Waals surface area contributed by atoms with Gasteiger partial charge in [0.15, 0.2) is 15.7 Å². The molecule has 10 heteroatoms. The highest BCUT2D eigenvalue weighted by Gasteiger charge is 2.24. The number of halogens is 1. The van der Waals surface area contributed by atoms with Gasteiger partial charge < -0.3 is 20.7 Å². The van der Waals surface area contributed by atoms with Crippen molar-refractivity contribution in [3.8, 4) is 5.75 Å². The molecule has 38 heavy (non-hydrogen) atoms. The standard InChI is InChI=1S/C28H36ClN5O3S/c1-17(2)37-25-15-21(20-10-12-30-13-11-20)19(5)14-24(25)33-28-31-16-22(29)27(34-28)32-23-8-6-7-9-26(23)38(35,36)18(3)4/h6-9,14-18,20,30H,10-13H2,1-5H3,(H2,31,32,33,34)/i1D3,2D3,3D3,4D3,12D2,13D2,17D,18D. The Morgan fingerprint density at radius 2 is 1.92 bits per heavy atom. The summed E-state index contributed by atoms with van der Waals surface area (Å²) in [4.78, 5) is 7.34. The van der Waals surface area contributed by atoms with E-state index in [1.54, 1.807) is 6.92 Å². The maximum Gasteiger partial charge on any atom is 0.229 e. The Hall–Kier alpha value is -2.88. The summed E-state index contributed by atoms with van der Waals surface area (Å²) in [6.45, 7) is -17.6. The molecule has 0 aliphatic carbocycles. The fourth-order valence-corrected chi connectivity index (χ4v) is 4.84. The second kappa shape index (κ2) is 11.9. The summed E-state index contributed by atoms with van der Waals surface area (Å²) in [7, 11) is -5.52. The van der Waals surface area contributed by atoms with Crippen LogP contribution in [0.5, 0.6) is 5.75 Å². The van der Waals surface area contributed by atoms with E-state index >= 15 is 0 Å². The van der Waals surface area contributed by atoms with E-state index in [2.05, 4.69) is 25.9 Å². The minimum atomic E-state index is -5.52. The van der Waals surface area contributed by atoms with Crippen LogP contribution in [0.1, 0.15) is 82.0 Å². The molecular weight excluding hydrogens is 522 g/mol. The number of hydrogen-bond acceptors (Lipinski definition) is 8. The fourth-order valence-electron chi connectivity index (χ4n) is 3.82. The molecule has 1 aliphatic heterocycles. The van der Waals surface area contributed by atoms with Crippen LogP contribution >= 0.6 is 11.6 Å². The maximum absolute atomic E-state index is 13.7. The largest absolute Gasteiger partial charge is 0.489 e. The maximum atomic E-state index is 13.7. The van der Waals surface area contributed by atoms with Gasteiger partial charge in [0.2, 0.25) is 5.95 Å². The third kappa shape index (κ3) is 6.39. The van der Waals surface area contributed by atoms with Crippen molar-refractivity contribution >= 4 is 44.6 Å². The Labute approximate surface area is 255 Å². The predicted molar refractivity (Wildman–Crippen MR) is 154 cm³/mol. The number of rotatable bonds is 9. The summed E-state index contributed by atoms with van der Waals surface area (Å²) in [5, 5.41) is 3.28. The highest BCUT2D eigenvalue weighted by molar-refractivity contribution is 7.92. The van der Waals surface area contributed by atoms with Crippen molar-refractivity contribution in [3.63, 3.8) is 0 Å². The highest BCUT2D eigenvalue weighted by Crippen LogP contribution is 2.37. The molecule has 4 rings (SSSR count). The van der Waals surface area contributed by atoms with Gasteiger partial charge in [0.1, 0.15) is 10.8 Å². The average Bonchev–Trinajstić information content (AvgIpc) is 2.99. The van der Waals surface area contributed by atoms with E-state index in [0.717, 1.165) is 24.4 Å².